The van der Waals surface area contributed by atoms with Gasteiger partial charge in [-0.2, -0.15) is 10.2 Å². The number of nitrogens with one attached hydrogen (secondary N) is 1. The molecule has 3 aromatic heterocycles. The molecule has 4 aromatic rings. The van der Waals surface area contributed by atoms with Crippen molar-refractivity contribution in [2.45, 2.75) is 58.7 Å². The topological polar surface area (TPSA) is 98.6 Å². The van der Waals surface area contributed by atoms with Crippen molar-refractivity contribution >= 4 is 29.9 Å². The zero-order chi connectivity index (χ0) is 27.3. The van der Waals surface area contributed by atoms with Crippen molar-refractivity contribution in [2.24, 2.45) is 5.92 Å². The summed E-state index contributed by atoms with van der Waals surface area (Å²) in [4.78, 5) is 29.1. The van der Waals surface area contributed by atoms with Gasteiger partial charge in [-0.15, -0.1) is 12.4 Å². The van der Waals surface area contributed by atoms with Crippen LogP contribution in [-0.2, 0) is 0 Å². The highest BCUT2D eigenvalue weighted by Gasteiger charge is 2.42. The third-order valence-electron chi connectivity index (χ3n) is 8.04. The largest absolute Gasteiger partial charge is 0.326 e. The van der Waals surface area contributed by atoms with Crippen LogP contribution in [0, 0.1) is 11.7 Å². The van der Waals surface area contributed by atoms with Crippen LogP contribution in [-0.4, -0.2) is 83.4 Å². The fraction of sp³-hybridized carbons (Fsp3) is 0.464. The second-order valence-electron chi connectivity index (χ2n) is 11.1. The Bertz CT molecular complexity index is 1490. The summed E-state index contributed by atoms with van der Waals surface area (Å²) in [6, 6.07) is 7.58. The van der Waals surface area contributed by atoms with E-state index in [4.69, 9.17) is 4.98 Å². The van der Waals surface area contributed by atoms with Gasteiger partial charge in [0.15, 0.2) is 11.5 Å². The van der Waals surface area contributed by atoms with Gasteiger partial charge in [0, 0.05) is 36.9 Å². The number of H-pyrrole nitrogens is 1. The number of hydrogen-bond donors (Lipinski definition) is 1. The standard InChI is InChI=1S/C28H34FN9O.ClH/c1-17(2)24-15-35(14-20-6-5-10-36(20)18(3)4)28(39)38(24)25-9-11-37-27(33-25)22(13-32-37)19-7-8-21(23(29)12-19)26-30-16-31-34-26;/h7-9,11-13,16-18,20,24H,5-6,10,14-15H2,1-4H3,(H,30,31,34);1H/t20-,24-;/m1./s1. The minimum Gasteiger partial charge on any atom is -0.321 e. The molecule has 212 valence electrons. The van der Waals surface area contributed by atoms with Gasteiger partial charge in [0.05, 0.1) is 17.8 Å². The van der Waals surface area contributed by atoms with Crippen LogP contribution in [0.15, 0.2) is 43.0 Å². The van der Waals surface area contributed by atoms with Gasteiger partial charge in [0.25, 0.3) is 0 Å². The first-order valence-electron chi connectivity index (χ1n) is 13.7. The van der Waals surface area contributed by atoms with E-state index in [1.54, 1.807) is 16.8 Å². The van der Waals surface area contributed by atoms with Gasteiger partial charge in [-0.3, -0.25) is 14.9 Å². The van der Waals surface area contributed by atoms with Crippen molar-refractivity contribution in [3.63, 3.8) is 0 Å². The van der Waals surface area contributed by atoms with Crippen LogP contribution in [0.5, 0.6) is 0 Å². The van der Waals surface area contributed by atoms with Crippen molar-refractivity contribution in [3.8, 4) is 22.5 Å². The molecule has 0 spiro atoms. The summed E-state index contributed by atoms with van der Waals surface area (Å²) in [7, 11) is 0. The molecule has 12 heteroatoms. The summed E-state index contributed by atoms with van der Waals surface area (Å²) in [5, 5.41) is 11.0. The van der Waals surface area contributed by atoms with Gasteiger partial charge >= 0.3 is 6.03 Å². The number of carbonyl (C=O) groups excluding carboxylic acids is 1. The van der Waals surface area contributed by atoms with Crippen LogP contribution < -0.4 is 4.90 Å². The molecule has 2 saturated heterocycles. The van der Waals surface area contributed by atoms with Gasteiger partial charge in [-0.1, -0.05) is 19.9 Å². The number of fused-ring (bicyclic) bond motifs is 1. The number of aromatic amines is 1. The summed E-state index contributed by atoms with van der Waals surface area (Å²) < 4.78 is 16.7. The van der Waals surface area contributed by atoms with Gasteiger partial charge < -0.3 is 4.90 Å². The lowest BCUT2D eigenvalue weighted by Crippen LogP contribution is -2.44. The van der Waals surface area contributed by atoms with E-state index in [9.17, 15) is 4.79 Å². The van der Waals surface area contributed by atoms with Crippen LogP contribution in [0.2, 0.25) is 0 Å². The molecule has 10 nitrogen and oxygen atoms in total. The maximum atomic E-state index is 15.0. The van der Waals surface area contributed by atoms with E-state index >= 15 is 4.39 Å². The molecule has 1 N–H and O–H groups in total. The smallest absolute Gasteiger partial charge is 0.321 e. The van der Waals surface area contributed by atoms with E-state index < -0.39 is 5.82 Å². The highest BCUT2D eigenvalue weighted by molar-refractivity contribution is 5.94. The highest BCUT2D eigenvalue weighted by atomic mass is 35.5. The maximum Gasteiger partial charge on any atom is 0.326 e. The van der Waals surface area contributed by atoms with Crippen molar-refractivity contribution in [2.75, 3.05) is 24.5 Å². The molecule has 40 heavy (non-hydrogen) atoms. The lowest BCUT2D eigenvalue weighted by Gasteiger charge is -2.31. The molecule has 2 aliphatic heterocycles. The SMILES string of the molecule is CC(C)[C@H]1CN(C[C@H]2CCCN2C(C)C)C(=O)N1c1ccn2ncc(-c3ccc(-c4nc[nH]n4)c(F)c3)c2n1.Cl. The summed E-state index contributed by atoms with van der Waals surface area (Å²) in [5.41, 5.74) is 2.19. The second kappa shape index (κ2) is 11.1. The molecule has 2 fully saturated rings. The molecule has 0 saturated carbocycles. The normalized spacial score (nSPS) is 19.9. The lowest BCUT2D eigenvalue weighted by atomic mass is 10.0. The Hall–Kier alpha value is -3.57. The molecule has 2 atom stereocenters. The number of anilines is 1. The van der Waals surface area contributed by atoms with Crippen molar-refractivity contribution in [1.29, 1.82) is 0 Å². The van der Waals surface area contributed by atoms with Crippen LogP contribution in [0.25, 0.3) is 28.2 Å². The van der Waals surface area contributed by atoms with Crippen LogP contribution in [0.4, 0.5) is 15.0 Å². The predicted molar refractivity (Wildman–Crippen MR) is 154 cm³/mol. The second-order valence-corrected chi connectivity index (χ2v) is 11.1. The molecule has 2 aliphatic rings. The summed E-state index contributed by atoms with van der Waals surface area (Å²) in [5.74, 6) is 0.698. The first kappa shape index (κ1) is 28.0. The predicted octanol–water partition coefficient (Wildman–Crippen LogP) is 4.88. The molecule has 6 rings (SSSR count). The van der Waals surface area contributed by atoms with Crippen molar-refractivity contribution in [1.82, 2.24) is 39.6 Å². The maximum absolute atomic E-state index is 15.0. The number of urea groups is 1. The van der Waals surface area contributed by atoms with Crippen LogP contribution in [0.3, 0.4) is 0 Å². The Labute approximate surface area is 239 Å². The molecule has 0 radical (unpaired) electrons. The average molecular weight is 568 g/mol. The number of amides is 2. The van der Waals surface area contributed by atoms with E-state index in [1.807, 2.05) is 28.1 Å². The number of nitrogens with zero attached hydrogens (tertiary/aromatic N) is 8. The number of halogens is 2. The number of carbonyl (C=O) groups is 1. The zero-order valence-corrected chi connectivity index (χ0v) is 24.0. The summed E-state index contributed by atoms with van der Waals surface area (Å²) in [6.07, 6.45) is 7.18. The fourth-order valence-electron chi connectivity index (χ4n) is 6.00. The minimum atomic E-state index is -0.435. The minimum absolute atomic E-state index is 0. The van der Waals surface area contributed by atoms with Crippen molar-refractivity contribution < 1.29 is 9.18 Å². The van der Waals surface area contributed by atoms with E-state index in [0.717, 1.165) is 19.5 Å². The zero-order valence-electron chi connectivity index (χ0n) is 23.2. The lowest BCUT2D eigenvalue weighted by molar-refractivity contribution is 0.160. The quantitative estimate of drug-likeness (QED) is 0.342. The van der Waals surface area contributed by atoms with E-state index in [1.165, 1.54) is 18.8 Å². The van der Waals surface area contributed by atoms with Gasteiger partial charge in [0.2, 0.25) is 0 Å². The number of rotatable bonds is 7. The summed E-state index contributed by atoms with van der Waals surface area (Å²) in [6.45, 7) is 11.2. The number of hydrogen-bond acceptors (Lipinski definition) is 6. The third-order valence-corrected chi connectivity index (χ3v) is 8.04. The monoisotopic (exact) mass is 567 g/mol. The van der Waals surface area contributed by atoms with E-state index in [2.05, 4.69) is 52.9 Å². The number of aromatic nitrogens is 6. The molecule has 0 bridgehead atoms. The van der Waals surface area contributed by atoms with E-state index in [-0.39, 0.29) is 30.4 Å². The molecule has 0 aliphatic carbocycles. The third kappa shape index (κ3) is 4.92. The first-order chi connectivity index (χ1) is 18.8. The Morgan fingerprint density at radius 1 is 1.15 bits per heavy atom. The van der Waals surface area contributed by atoms with Crippen LogP contribution in [0.1, 0.15) is 40.5 Å². The molecular formula is C28H35ClFN9O. The van der Waals surface area contributed by atoms with E-state index in [0.29, 0.717) is 52.6 Å². The highest BCUT2D eigenvalue weighted by Crippen LogP contribution is 2.32. The van der Waals surface area contributed by atoms with Gasteiger partial charge in [-0.25, -0.2) is 23.7 Å². The van der Waals surface area contributed by atoms with Gasteiger partial charge in [-0.05, 0) is 62.9 Å². The molecule has 2 amide bonds. The Morgan fingerprint density at radius 3 is 2.67 bits per heavy atom. The summed E-state index contributed by atoms with van der Waals surface area (Å²) >= 11 is 0. The Kier molecular flexibility index (Phi) is 7.78. The molecule has 1 aromatic carbocycles. The van der Waals surface area contributed by atoms with Gasteiger partial charge in [0.1, 0.15) is 18.0 Å². The van der Waals surface area contributed by atoms with Crippen LogP contribution >= 0.6 is 12.4 Å². The fourth-order valence-corrected chi connectivity index (χ4v) is 6.00. The molecular weight excluding hydrogens is 533 g/mol. The average Bonchev–Trinajstić information content (AvgIpc) is 3.71. The first-order valence-corrected chi connectivity index (χ1v) is 13.7. The Balaban J connectivity index is 0.00000323. The molecule has 5 heterocycles. The number of benzene rings is 1. The Morgan fingerprint density at radius 2 is 1.98 bits per heavy atom. The number of likely N-dealkylation sites (tertiary alicyclic amines) is 1. The van der Waals surface area contributed by atoms with Crippen molar-refractivity contribution in [3.05, 3.63) is 48.8 Å². The molecule has 0 unspecified atom stereocenters.